The van der Waals surface area contributed by atoms with Crippen LogP contribution in [0.3, 0.4) is 0 Å². The van der Waals surface area contributed by atoms with Crippen LogP contribution >= 0.6 is 0 Å². The van der Waals surface area contributed by atoms with Gasteiger partial charge >= 0.3 is 0 Å². The molecule has 0 saturated carbocycles. The molecule has 3 N–H and O–H groups in total. The molecule has 5 heteroatoms. The molecule has 0 aromatic carbocycles. The summed E-state index contributed by atoms with van der Waals surface area (Å²) in [6.07, 6.45) is 2.95. The summed E-state index contributed by atoms with van der Waals surface area (Å²) in [6.45, 7) is 3.33. The molecule has 0 radical (unpaired) electrons. The zero-order valence-corrected chi connectivity index (χ0v) is 11.1. The number of amidine groups is 1. The highest BCUT2D eigenvalue weighted by Gasteiger charge is 2.21. The number of aromatic nitrogens is 1. The summed E-state index contributed by atoms with van der Waals surface area (Å²) in [4.78, 5) is 8.85. The van der Waals surface area contributed by atoms with Gasteiger partial charge in [-0.25, -0.2) is 4.98 Å². The summed E-state index contributed by atoms with van der Waals surface area (Å²) in [6, 6.07) is 3.64. The second kappa shape index (κ2) is 5.35. The molecule has 18 heavy (non-hydrogen) atoms. The molecule has 0 aliphatic carbocycles. The van der Waals surface area contributed by atoms with Crippen molar-refractivity contribution in [2.24, 2.45) is 11.7 Å². The maximum absolute atomic E-state index is 7.45. The minimum Gasteiger partial charge on any atom is -0.384 e. The van der Waals surface area contributed by atoms with Crippen LogP contribution in [0.5, 0.6) is 0 Å². The number of nitrogens with two attached hydrogens (primary N) is 1. The zero-order chi connectivity index (χ0) is 13.1. The standard InChI is InChI=1S/C13H21N5/c1-17-6-4-10(8-17)9-18(2)12-7-11(13(14)15)3-5-16-12/h3,5,7,10H,4,6,8-9H2,1-2H3,(H3,14,15). The van der Waals surface area contributed by atoms with Crippen LogP contribution in [0.2, 0.25) is 0 Å². The first kappa shape index (κ1) is 12.8. The molecule has 98 valence electrons. The minimum absolute atomic E-state index is 0.0904. The topological polar surface area (TPSA) is 69.2 Å². The van der Waals surface area contributed by atoms with E-state index in [0.29, 0.717) is 5.92 Å². The van der Waals surface area contributed by atoms with Gasteiger partial charge in [0.1, 0.15) is 11.7 Å². The second-order valence-corrected chi connectivity index (χ2v) is 5.11. The molecule has 1 aliphatic heterocycles. The Hall–Kier alpha value is -1.62. The van der Waals surface area contributed by atoms with Gasteiger partial charge in [-0.2, -0.15) is 0 Å². The van der Waals surface area contributed by atoms with E-state index in [2.05, 4.69) is 21.8 Å². The highest BCUT2D eigenvalue weighted by molar-refractivity contribution is 5.95. The number of rotatable bonds is 4. The van der Waals surface area contributed by atoms with E-state index in [9.17, 15) is 0 Å². The number of likely N-dealkylation sites (tertiary alicyclic amines) is 1. The number of hydrogen-bond acceptors (Lipinski definition) is 4. The Bertz CT molecular complexity index is 431. The van der Waals surface area contributed by atoms with Crippen LogP contribution in [-0.2, 0) is 0 Å². The Balaban J connectivity index is 2.02. The molecule has 1 aromatic heterocycles. The average Bonchev–Trinajstić information content (AvgIpc) is 2.75. The van der Waals surface area contributed by atoms with E-state index in [1.54, 1.807) is 12.3 Å². The van der Waals surface area contributed by atoms with Crippen LogP contribution < -0.4 is 10.6 Å². The summed E-state index contributed by atoms with van der Waals surface area (Å²) in [5.41, 5.74) is 6.23. The van der Waals surface area contributed by atoms with Crippen molar-refractivity contribution in [1.82, 2.24) is 9.88 Å². The molecule has 1 saturated heterocycles. The van der Waals surface area contributed by atoms with Crippen molar-refractivity contribution >= 4 is 11.7 Å². The average molecular weight is 247 g/mol. The van der Waals surface area contributed by atoms with Gasteiger partial charge in [0, 0.05) is 31.9 Å². The maximum atomic E-state index is 7.45. The Kier molecular flexibility index (Phi) is 3.81. The highest BCUT2D eigenvalue weighted by Crippen LogP contribution is 2.18. The third kappa shape index (κ3) is 2.98. The summed E-state index contributed by atoms with van der Waals surface area (Å²) >= 11 is 0. The van der Waals surface area contributed by atoms with Gasteiger partial charge < -0.3 is 15.5 Å². The minimum atomic E-state index is 0.0904. The smallest absolute Gasteiger partial charge is 0.128 e. The Morgan fingerprint density at radius 2 is 2.44 bits per heavy atom. The van der Waals surface area contributed by atoms with Crippen molar-refractivity contribution in [2.45, 2.75) is 6.42 Å². The van der Waals surface area contributed by atoms with Gasteiger partial charge in [0.15, 0.2) is 0 Å². The number of anilines is 1. The lowest BCUT2D eigenvalue weighted by atomic mass is 10.1. The van der Waals surface area contributed by atoms with Crippen molar-refractivity contribution in [2.75, 3.05) is 38.6 Å². The first-order chi connectivity index (χ1) is 8.56. The number of nitrogen functional groups attached to an aromatic ring is 1. The number of hydrogen-bond donors (Lipinski definition) is 2. The van der Waals surface area contributed by atoms with Crippen LogP contribution in [0, 0.1) is 11.3 Å². The molecule has 5 nitrogen and oxygen atoms in total. The van der Waals surface area contributed by atoms with Gasteiger partial charge in [0.05, 0.1) is 0 Å². The highest BCUT2D eigenvalue weighted by atomic mass is 15.2. The second-order valence-electron chi connectivity index (χ2n) is 5.11. The van der Waals surface area contributed by atoms with Crippen molar-refractivity contribution < 1.29 is 0 Å². The summed E-state index contributed by atoms with van der Waals surface area (Å²) in [5.74, 6) is 1.67. The van der Waals surface area contributed by atoms with Crippen molar-refractivity contribution in [3.8, 4) is 0 Å². The summed E-state index contributed by atoms with van der Waals surface area (Å²) < 4.78 is 0. The summed E-state index contributed by atoms with van der Waals surface area (Å²) in [5, 5.41) is 7.45. The normalized spacial score (nSPS) is 20.0. The molecule has 0 bridgehead atoms. The fourth-order valence-electron chi connectivity index (χ4n) is 2.45. The molecule has 1 atom stereocenters. The lowest BCUT2D eigenvalue weighted by molar-refractivity contribution is 0.395. The van der Waals surface area contributed by atoms with Gasteiger partial charge in [-0.15, -0.1) is 0 Å². The first-order valence-electron chi connectivity index (χ1n) is 6.26. The molecular weight excluding hydrogens is 226 g/mol. The maximum Gasteiger partial charge on any atom is 0.128 e. The molecule has 2 heterocycles. The Morgan fingerprint density at radius 3 is 3.06 bits per heavy atom. The van der Waals surface area contributed by atoms with Crippen molar-refractivity contribution in [3.05, 3.63) is 23.9 Å². The van der Waals surface area contributed by atoms with E-state index in [4.69, 9.17) is 11.1 Å². The van der Waals surface area contributed by atoms with Crippen molar-refractivity contribution in [3.63, 3.8) is 0 Å². The van der Waals surface area contributed by atoms with E-state index < -0.39 is 0 Å². The first-order valence-corrected chi connectivity index (χ1v) is 6.26. The Labute approximate surface area is 108 Å². The molecule has 1 aromatic rings. The molecule has 2 rings (SSSR count). The van der Waals surface area contributed by atoms with E-state index >= 15 is 0 Å². The molecule has 1 unspecified atom stereocenters. The monoisotopic (exact) mass is 247 g/mol. The predicted octanol–water partition coefficient (Wildman–Crippen LogP) is 0.754. The van der Waals surface area contributed by atoms with Crippen LogP contribution in [0.25, 0.3) is 0 Å². The predicted molar refractivity (Wildman–Crippen MR) is 74.1 cm³/mol. The quantitative estimate of drug-likeness (QED) is 0.608. The SMILES string of the molecule is CN1CCC(CN(C)c2cc(C(=N)N)ccn2)C1. The third-order valence-electron chi connectivity index (χ3n) is 3.47. The molecular formula is C13H21N5. The van der Waals surface area contributed by atoms with E-state index in [1.165, 1.54) is 13.0 Å². The van der Waals surface area contributed by atoms with Crippen LogP contribution in [0.15, 0.2) is 18.3 Å². The van der Waals surface area contributed by atoms with E-state index in [-0.39, 0.29) is 5.84 Å². The largest absolute Gasteiger partial charge is 0.384 e. The third-order valence-corrected chi connectivity index (χ3v) is 3.47. The summed E-state index contributed by atoms with van der Waals surface area (Å²) in [7, 11) is 4.21. The molecule has 1 aliphatic rings. The van der Waals surface area contributed by atoms with Crippen LogP contribution in [0.1, 0.15) is 12.0 Å². The van der Waals surface area contributed by atoms with Gasteiger partial charge in [-0.05, 0) is 38.1 Å². The number of nitrogens with one attached hydrogen (secondary N) is 1. The van der Waals surface area contributed by atoms with Gasteiger partial charge in [-0.3, -0.25) is 5.41 Å². The number of nitrogens with zero attached hydrogens (tertiary/aromatic N) is 3. The van der Waals surface area contributed by atoms with E-state index in [0.717, 1.165) is 24.5 Å². The van der Waals surface area contributed by atoms with Gasteiger partial charge in [-0.1, -0.05) is 0 Å². The fraction of sp³-hybridized carbons (Fsp3) is 0.538. The molecule has 0 spiro atoms. The van der Waals surface area contributed by atoms with Crippen LogP contribution in [0.4, 0.5) is 5.82 Å². The lowest BCUT2D eigenvalue weighted by Crippen LogP contribution is -2.28. The fourth-order valence-corrected chi connectivity index (χ4v) is 2.45. The van der Waals surface area contributed by atoms with Gasteiger partial charge in [0.2, 0.25) is 0 Å². The molecule has 1 fully saturated rings. The zero-order valence-electron chi connectivity index (χ0n) is 11.1. The molecule has 0 amide bonds. The van der Waals surface area contributed by atoms with Gasteiger partial charge in [0.25, 0.3) is 0 Å². The van der Waals surface area contributed by atoms with Crippen molar-refractivity contribution in [1.29, 1.82) is 5.41 Å². The Morgan fingerprint density at radius 1 is 1.67 bits per heavy atom. The van der Waals surface area contributed by atoms with E-state index in [1.807, 2.05) is 13.1 Å². The lowest BCUT2D eigenvalue weighted by Gasteiger charge is -2.22. The number of pyridine rings is 1. The van der Waals surface area contributed by atoms with Crippen LogP contribution in [-0.4, -0.2) is 49.4 Å².